The number of nitrogens with zero attached hydrogens (tertiary/aromatic N) is 1. The average Bonchev–Trinajstić information content (AvgIpc) is 2.42. The molecule has 2 rings (SSSR count). The largest absolute Gasteiger partial charge is 0.496 e. The van der Waals surface area contributed by atoms with Crippen LogP contribution in [0.25, 0.3) is 0 Å². The molecule has 0 saturated carbocycles. The van der Waals surface area contributed by atoms with Crippen LogP contribution >= 0.6 is 43.5 Å². The van der Waals surface area contributed by atoms with Gasteiger partial charge in [0.2, 0.25) is 0 Å². The van der Waals surface area contributed by atoms with Crippen molar-refractivity contribution in [3.63, 3.8) is 0 Å². The number of hydrazine groups is 1. The van der Waals surface area contributed by atoms with Crippen molar-refractivity contribution in [2.45, 2.75) is 6.04 Å². The highest BCUT2D eigenvalue weighted by Crippen LogP contribution is 2.34. The zero-order valence-electron chi connectivity index (χ0n) is 10.5. The molecule has 0 fully saturated rings. The molecular weight excluding hydrogens is 409 g/mol. The predicted octanol–water partition coefficient (Wildman–Crippen LogP) is 3.82. The van der Waals surface area contributed by atoms with Crippen molar-refractivity contribution in [2.75, 3.05) is 7.11 Å². The van der Waals surface area contributed by atoms with E-state index < -0.39 is 0 Å². The molecule has 0 aliphatic carbocycles. The number of hydrogen-bond acceptors (Lipinski definition) is 4. The maximum Gasteiger partial charge on any atom is 0.124 e. The molecular formula is C13H12Br2ClN3O. The number of aromatic nitrogens is 1. The van der Waals surface area contributed by atoms with Crippen LogP contribution in [0.15, 0.2) is 39.4 Å². The first-order chi connectivity index (χ1) is 9.56. The highest BCUT2D eigenvalue weighted by molar-refractivity contribution is 9.11. The number of methoxy groups -OCH3 is 1. The predicted molar refractivity (Wildman–Crippen MR) is 86.8 cm³/mol. The first kappa shape index (κ1) is 15.7. The number of ether oxygens (including phenoxy) is 1. The fraction of sp³-hybridized carbons (Fsp3) is 0.154. The Morgan fingerprint density at radius 2 is 2.10 bits per heavy atom. The van der Waals surface area contributed by atoms with Crippen LogP contribution in [0.3, 0.4) is 0 Å². The molecule has 0 saturated heterocycles. The minimum absolute atomic E-state index is 0.342. The Balaban J connectivity index is 2.54. The maximum absolute atomic E-state index is 6.06. The first-order valence-corrected chi connectivity index (χ1v) is 7.63. The van der Waals surface area contributed by atoms with Gasteiger partial charge in [0, 0.05) is 25.7 Å². The molecule has 1 aromatic carbocycles. The van der Waals surface area contributed by atoms with Crippen molar-refractivity contribution in [3.8, 4) is 5.75 Å². The topological polar surface area (TPSA) is 60.2 Å². The molecule has 0 bridgehead atoms. The molecule has 0 amide bonds. The van der Waals surface area contributed by atoms with Crippen LogP contribution in [0.5, 0.6) is 5.75 Å². The Morgan fingerprint density at radius 3 is 2.70 bits per heavy atom. The van der Waals surface area contributed by atoms with Crippen LogP contribution in [0.4, 0.5) is 0 Å². The summed E-state index contributed by atoms with van der Waals surface area (Å²) < 4.78 is 7.07. The van der Waals surface area contributed by atoms with E-state index >= 15 is 0 Å². The van der Waals surface area contributed by atoms with Gasteiger partial charge in [0.25, 0.3) is 0 Å². The summed E-state index contributed by atoms with van der Waals surface area (Å²) in [6, 6.07) is 6.94. The minimum Gasteiger partial charge on any atom is -0.496 e. The fourth-order valence-corrected chi connectivity index (χ4v) is 3.28. The SMILES string of the molecule is COc1ccc(Cl)cc1C(NN)c1ncc(Br)cc1Br. The number of halogens is 3. The zero-order valence-corrected chi connectivity index (χ0v) is 14.5. The lowest BCUT2D eigenvalue weighted by atomic mass is 10.0. The van der Waals surface area contributed by atoms with Crippen molar-refractivity contribution in [2.24, 2.45) is 5.84 Å². The number of hydrogen-bond donors (Lipinski definition) is 2. The van der Waals surface area contributed by atoms with Crippen molar-refractivity contribution < 1.29 is 4.74 Å². The standard InChI is InChI=1S/C13H12Br2ClN3O/c1-20-11-3-2-8(16)5-9(11)12(19-17)13-10(15)4-7(14)6-18-13/h2-6,12,19H,17H2,1H3. The van der Waals surface area contributed by atoms with E-state index in [0.717, 1.165) is 20.2 Å². The summed E-state index contributed by atoms with van der Waals surface area (Å²) in [7, 11) is 1.60. The van der Waals surface area contributed by atoms with E-state index in [0.29, 0.717) is 10.8 Å². The Kier molecular flexibility index (Phi) is 5.40. The molecule has 1 aromatic heterocycles. The van der Waals surface area contributed by atoms with Crippen LogP contribution in [0, 0.1) is 0 Å². The zero-order chi connectivity index (χ0) is 14.7. The molecule has 1 heterocycles. The van der Waals surface area contributed by atoms with Crippen molar-refractivity contribution in [1.29, 1.82) is 0 Å². The molecule has 106 valence electrons. The van der Waals surface area contributed by atoms with E-state index in [2.05, 4.69) is 42.3 Å². The third-order valence-electron chi connectivity index (χ3n) is 2.78. The van der Waals surface area contributed by atoms with Gasteiger partial charge in [-0.05, 0) is 56.1 Å². The summed E-state index contributed by atoms with van der Waals surface area (Å²) >= 11 is 12.9. The summed E-state index contributed by atoms with van der Waals surface area (Å²) in [6.45, 7) is 0. The van der Waals surface area contributed by atoms with E-state index in [-0.39, 0.29) is 6.04 Å². The van der Waals surface area contributed by atoms with Gasteiger partial charge in [-0.2, -0.15) is 0 Å². The monoisotopic (exact) mass is 419 g/mol. The van der Waals surface area contributed by atoms with Crippen molar-refractivity contribution >= 4 is 43.5 Å². The highest BCUT2D eigenvalue weighted by atomic mass is 79.9. The molecule has 0 radical (unpaired) electrons. The molecule has 7 heteroatoms. The number of rotatable bonds is 4. The Morgan fingerprint density at radius 1 is 1.35 bits per heavy atom. The van der Waals surface area contributed by atoms with Crippen LogP contribution in [0.1, 0.15) is 17.3 Å². The molecule has 4 nitrogen and oxygen atoms in total. The second-order valence-electron chi connectivity index (χ2n) is 4.01. The van der Waals surface area contributed by atoms with Crippen LogP contribution in [-0.4, -0.2) is 12.1 Å². The van der Waals surface area contributed by atoms with E-state index in [1.165, 1.54) is 0 Å². The third-order valence-corrected chi connectivity index (χ3v) is 4.08. The lowest BCUT2D eigenvalue weighted by Crippen LogP contribution is -2.30. The second-order valence-corrected chi connectivity index (χ2v) is 6.21. The molecule has 1 unspecified atom stereocenters. The second kappa shape index (κ2) is 6.87. The molecule has 3 N–H and O–H groups in total. The van der Waals surface area contributed by atoms with Gasteiger partial charge < -0.3 is 4.74 Å². The van der Waals surface area contributed by atoms with E-state index in [1.54, 1.807) is 31.5 Å². The summed E-state index contributed by atoms with van der Waals surface area (Å²) in [6.07, 6.45) is 1.71. The quantitative estimate of drug-likeness (QED) is 0.582. The molecule has 20 heavy (non-hydrogen) atoms. The lowest BCUT2D eigenvalue weighted by molar-refractivity contribution is 0.403. The Labute approximate surface area is 138 Å². The molecule has 0 spiro atoms. The Hall–Kier alpha value is -0.660. The number of nitrogens with one attached hydrogen (secondary N) is 1. The summed E-state index contributed by atoms with van der Waals surface area (Å²) in [5.41, 5.74) is 4.31. The van der Waals surface area contributed by atoms with Gasteiger partial charge in [-0.25, -0.2) is 5.43 Å². The van der Waals surface area contributed by atoms with Gasteiger partial charge in [-0.15, -0.1) is 0 Å². The number of benzene rings is 1. The number of pyridine rings is 1. The summed E-state index contributed by atoms with van der Waals surface area (Å²) in [5.74, 6) is 6.39. The van der Waals surface area contributed by atoms with E-state index in [4.69, 9.17) is 22.2 Å². The number of nitrogens with two attached hydrogens (primary N) is 1. The van der Waals surface area contributed by atoms with Gasteiger partial charge in [-0.3, -0.25) is 10.8 Å². The lowest BCUT2D eigenvalue weighted by Gasteiger charge is -2.20. The minimum atomic E-state index is -0.342. The van der Waals surface area contributed by atoms with Gasteiger partial charge in [0.05, 0.1) is 18.8 Å². The fourth-order valence-electron chi connectivity index (χ4n) is 1.88. The molecule has 0 aliphatic heterocycles. The van der Waals surface area contributed by atoms with Gasteiger partial charge in [0.15, 0.2) is 0 Å². The maximum atomic E-state index is 6.06. The smallest absolute Gasteiger partial charge is 0.124 e. The van der Waals surface area contributed by atoms with Gasteiger partial charge >= 0.3 is 0 Å². The Bertz CT molecular complexity index is 625. The van der Waals surface area contributed by atoms with Crippen molar-refractivity contribution in [3.05, 3.63) is 55.7 Å². The van der Waals surface area contributed by atoms with Crippen LogP contribution in [0.2, 0.25) is 5.02 Å². The average molecular weight is 422 g/mol. The van der Waals surface area contributed by atoms with E-state index in [1.807, 2.05) is 6.07 Å². The normalized spacial score (nSPS) is 12.2. The third kappa shape index (κ3) is 3.32. The van der Waals surface area contributed by atoms with Gasteiger partial charge in [-0.1, -0.05) is 11.6 Å². The molecule has 2 aromatic rings. The summed E-state index contributed by atoms with van der Waals surface area (Å²) in [4.78, 5) is 4.40. The van der Waals surface area contributed by atoms with Crippen LogP contribution < -0.4 is 16.0 Å². The van der Waals surface area contributed by atoms with Gasteiger partial charge in [0.1, 0.15) is 5.75 Å². The summed E-state index contributed by atoms with van der Waals surface area (Å²) in [5, 5.41) is 0.606. The first-order valence-electron chi connectivity index (χ1n) is 5.67. The van der Waals surface area contributed by atoms with Crippen molar-refractivity contribution in [1.82, 2.24) is 10.4 Å². The molecule has 1 atom stereocenters. The van der Waals surface area contributed by atoms with Crippen LogP contribution in [-0.2, 0) is 0 Å². The van der Waals surface area contributed by atoms with E-state index in [9.17, 15) is 0 Å². The molecule has 0 aliphatic rings. The highest BCUT2D eigenvalue weighted by Gasteiger charge is 2.21.